The summed E-state index contributed by atoms with van der Waals surface area (Å²) in [5.74, 6) is 1.95. The van der Waals surface area contributed by atoms with Gasteiger partial charge in [-0.15, -0.1) is 0 Å². The summed E-state index contributed by atoms with van der Waals surface area (Å²) in [6.07, 6.45) is 10.1. The lowest BCUT2D eigenvalue weighted by atomic mass is 9.46. The summed E-state index contributed by atoms with van der Waals surface area (Å²) in [7, 11) is 0. The van der Waals surface area contributed by atoms with Crippen LogP contribution in [-0.2, 0) is 19.1 Å². The minimum absolute atomic E-state index is 0.0282. The molecule has 2 unspecified atom stereocenters. The fourth-order valence-corrected chi connectivity index (χ4v) is 7.36. The standard InChI is InChI=1S/C23H32O4/c1-14(24)27-13-21(26)20-7-6-18-17-5-4-15-12-16(25)8-10-22(15,2)19(17)9-11-23(18,20)3/h12,17-20H,4-11,13H2,1-3H3/t17-,18-,19-,20+,22?,23?/m0/s1. The van der Waals surface area contributed by atoms with Crippen LogP contribution in [0.3, 0.4) is 0 Å². The summed E-state index contributed by atoms with van der Waals surface area (Å²) in [5, 5.41) is 0. The van der Waals surface area contributed by atoms with Crippen LogP contribution >= 0.6 is 0 Å². The third-order valence-electron chi connectivity index (χ3n) is 8.77. The van der Waals surface area contributed by atoms with Gasteiger partial charge in [0.2, 0.25) is 0 Å². The molecule has 4 aliphatic rings. The molecule has 0 aromatic rings. The highest BCUT2D eigenvalue weighted by Crippen LogP contribution is 2.66. The minimum atomic E-state index is -0.377. The molecule has 0 aliphatic heterocycles. The zero-order valence-corrected chi connectivity index (χ0v) is 16.9. The molecular weight excluding hydrogens is 340 g/mol. The topological polar surface area (TPSA) is 60.4 Å². The molecule has 4 heteroatoms. The van der Waals surface area contributed by atoms with Crippen LogP contribution in [0.4, 0.5) is 0 Å². The van der Waals surface area contributed by atoms with E-state index >= 15 is 0 Å². The minimum Gasteiger partial charge on any atom is -0.458 e. The molecule has 148 valence electrons. The van der Waals surface area contributed by atoms with Gasteiger partial charge in [-0.1, -0.05) is 19.4 Å². The Labute approximate surface area is 162 Å². The van der Waals surface area contributed by atoms with Gasteiger partial charge in [0.05, 0.1) is 0 Å². The second-order valence-corrected chi connectivity index (χ2v) is 9.89. The van der Waals surface area contributed by atoms with Gasteiger partial charge in [-0.2, -0.15) is 0 Å². The maximum absolute atomic E-state index is 12.8. The van der Waals surface area contributed by atoms with Crippen LogP contribution in [-0.4, -0.2) is 24.1 Å². The first-order chi connectivity index (χ1) is 12.8. The molecule has 0 heterocycles. The summed E-state index contributed by atoms with van der Waals surface area (Å²) in [4.78, 5) is 35.8. The number of carbonyl (C=O) groups is 3. The van der Waals surface area contributed by atoms with Gasteiger partial charge >= 0.3 is 5.97 Å². The predicted octanol–water partition coefficient (Wildman–Crippen LogP) is 4.27. The second kappa shape index (κ2) is 6.56. The van der Waals surface area contributed by atoms with Crippen molar-refractivity contribution in [1.82, 2.24) is 0 Å². The Morgan fingerprint density at radius 3 is 2.59 bits per heavy atom. The first kappa shape index (κ1) is 18.9. The van der Waals surface area contributed by atoms with Crippen LogP contribution in [0.2, 0.25) is 0 Å². The number of allylic oxidation sites excluding steroid dienone is 1. The monoisotopic (exact) mass is 372 g/mol. The lowest BCUT2D eigenvalue weighted by Gasteiger charge is -2.58. The van der Waals surface area contributed by atoms with Crippen LogP contribution in [0.25, 0.3) is 0 Å². The van der Waals surface area contributed by atoms with Crippen LogP contribution < -0.4 is 0 Å². The van der Waals surface area contributed by atoms with Crippen molar-refractivity contribution in [2.75, 3.05) is 6.61 Å². The van der Waals surface area contributed by atoms with Gasteiger partial charge in [-0.05, 0) is 79.6 Å². The van der Waals surface area contributed by atoms with E-state index in [1.165, 1.54) is 12.5 Å². The van der Waals surface area contributed by atoms with Gasteiger partial charge in [0.1, 0.15) is 6.61 Å². The van der Waals surface area contributed by atoms with Crippen molar-refractivity contribution in [3.63, 3.8) is 0 Å². The van der Waals surface area contributed by atoms with E-state index in [9.17, 15) is 14.4 Å². The Bertz CT molecular complexity index is 707. The van der Waals surface area contributed by atoms with Crippen molar-refractivity contribution in [3.05, 3.63) is 11.6 Å². The molecule has 0 N–H and O–H groups in total. The number of Topliss-reactive ketones (excluding diaryl/α,β-unsaturated/α-hetero) is 1. The summed E-state index contributed by atoms with van der Waals surface area (Å²) in [6, 6.07) is 0. The fraction of sp³-hybridized carbons (Fsp3) is 0.783. The molecule has 0 radical (unpaired) electrons. The predicted molar refractivity (Wildman–Crippen MR) is 102 cm³/mol. The van der Waals surface area contributed by atoms with Crippen LogP contribution in [0.5, 0.6) is 0 Å². The summed E-state index contributed by atoms with van der Waals surface area (Å²) in [5.41, 5.74) is 1.61. The van der Waals surface area contributed by atoms with E-state index in [1.807, 2.05) is 6.08 Å². The van der Waals surface area contributed by atoms with E-state index in [1.54, 1.807) is 0 Å². The van der Waals surface area contributed by atoms with E-state index < -0.39 is 0 Å². The van der Waals surface area contributed by atoms with Crippen molar-refractivity contribution in [3.8, 4) is 0 Å². The van der Waals surface area contributed by atoms with Gasteiger partial charge in [0, 0.05) is 19.3 Å². The Kier molecular flexibility index (Phi) is 4.59. The first-order valence-electron chi connectivity index (χ1n) is 10.7. The molecule has 0 amide bonds. The number of esters is 1. The number of fused-ring (bicyclic) bond motifs is 5. The van der Waals surface area contributed by atoms with Crippen molar-refractivity contribution >= 4 is 17.5 Å². The zero-order valence-electron chi connectivity index (χ0n) is 16.9. The number of hydrogen-bond donors (Lipinski definition) is 0. The first-order valence-corrected chi connectivity index (χ1v) is 10.7. The maximum atomic E-state index is 12.8. The number of ether oxygens (including phenoxy) is 1. The SMILES string of the molecule is CC(=O)OCC(=O)[C@H]1CC[C@H]2[C@@H]3CCC4=CC(=O)CCC4(C)[C@H]3CCC12C. The van der Waals surface area contributed by atoms with Crippen molar-refractivity contribution in [2.45, 2.75) is 72.1 Å². The normalized spacial score (nSPS) is 43.2. The molecule has 4 rings (SSSR count). The van der Waals surface area contributed by atoms with Crippen LogP contribution in [0.1, 0.15) is 72.1 Å². The molecule has 27 heavy (non-hydrogen) atoms. The smallest absolute Gasteiger partial charge is 0.303 e. The van der Waals surface area contributed by atoms with Gasteiger partial charge in [0.25, 0.3) is 0 Å². The molecule has 3 saturated carbocycles. The van der Waals surface area contributed by atoms with Gasteiger partial charge < -0.3 is 4.74 Å². The Hall–Kier alpha value is -1.45. The molecule has 0 aromatic heterocycles. The van der Waals surface area contributed by atoms with Crippen molar-refractivity contribution in [1.29, 1.82) is 0 Å². The largest absolute Gasteiger partial charge is 0.458 e. The molecule has 0 bridgehead atoms. The lowest BCUT2D eigenvalue weighted by molar-refractivity contribution is -0.149. The fourth-order valence-electron chi connectivity index (χ4n) is 7.36. The van der Waals surface area contributed by atoms with Gasteiger partial charge in [-0.3, -0.25) is 14.4 Å². The van der Waals surface area contributed by atoms with Crippen LogP contribution in [0.15, 0.2) is 11.6 Å². The number of carbonyl (C=O) groups excluding carboxylic acids is 3. The molecule has 0 spiro atoms. The quantitative estimate of drug-likeness (QED) is 0.694. The molecular formula is C23H32O4. The molecule has 0 saturated heterocycles. The Balaban J connectivity index is 1.56. The van der Waals surface area contributed by atoms with E-state index in [2.05, 4.69) is 13.8 Å². The summed E-state index contributed by atoms with van der Waals surface area (Å²) in [6.45, 7) is 6.00. The van der Waals surface area contributed by atoms with E-state index in [0.29, 0.717) is 30.0 Å². The third-order valence-corrected chi connectivity index (χ3v) is 8.77. The van der Waals surface area contributed by atoms with Crippen molar-refractivity contribution < 1.29 is 19.1 Å². The maximum Gasteiger partial charge on any atom is 0.303 e. The third kappa shape index (κ3) is 2.91. The second-order valence-electron chi connectivity index (χ2n) is 9.89. The zero-order chi connectivity index (χ0) is 19.4. The molecule has 0 aromatic carbocycles. The molecule has 4 aliphatic carbocycles. The highest BCUT2D eigenvalue weighted by atomic mass is 16.5. The van der Waals surface area contributed by atoms with E-state index in [4.69, 9.17) is 4.74 Å². The number of ketones is 2. The highest BCUT2D eigenvalue weighted by molar-refractivity contribution is 5.91. The molecule has 4 nitrogen and oxygen atoms in total. The van der Waals surface area contributed by atoms with E-state index in [0.717, 1.165) is 44.9 Å². The average Bonchev–Trinajstić information content (AvgIpc) is 2.97. The lowest BCUT2D eigenvalue weighted by Crippen LogP contribution is -2.51. The number of hydrogen-bond acceptors (Lipinski definition) is 4. The van der Waals surface area contributed by atoms with Gasteiger partial charge in [0.15, 0.2) is 11.6 Å². The summed E-state index contributed by atoms with van der Waals surface area (Å²) < 4.78 is 5.02. The van der Waals surface area contributed by atoms with Gasteiger partial charge in [-0.25, -0.2) is 0 Å². The average molecular weight is 373 g/mol. The highest BCUT2D eigenvalue weighted by Gasteiger charge is 2.60. The summed E-state index contributed by atoms with van der Waals surface area (Å²) >= 11 is 0. The van der Waals surface area contributed by atoms with Crippen LogP contribution in [0, 0.1) is 34.5 Å². The molecule has 3 fully saturated rings. The van der Waals surface area contributed by atoms with Crippen molar-refractivity contribution in [2.24, 2.45) is 34.5 Å². The number of rotatable bonds is 3. The molecule has 6 atom stereocenters. The van der Waals surface area contributed by atoms with E-state index in [-0.39, 0.29) is 35.1 Å². The Morgan fingerprint density at radius 2 is 1.85 bits per heavy atom. The Morgan fingerprint density at radius 1 is 1.07 bits per heavy atom.